The Morgan fingerprint density at radius 1 is 1.36 bits per heavy atom. The number of alkyl halides is 1. The molecule has 1 unspecified atom stereocenters. The van der Waals surface area contributed by atoms with Crippen molar-refractivity contribution in [2.45, 2.75) is 37.5 Å². The molecule has 0 aromatic carbocycles. The molecule has 2 nitrogen and oxygen atoms in total. The molecule has 0 bridgehead atoms. The molecule has 0 saturated heterocycles. The highest BCUT2D eigenvalue weighted by Crippen LogP contribution is 2.22. The lowest BCUT2D eigenvalue weighted by molar-refractivity contribution is 0.133. The highest BCUT2D eigenvalue weighted by molar-refractivity contribution is 4.85. The smallest absolute Gasteiger partial charge is 0.117 e. The first kappa shape index (κ1) is 8.94. The van der Waals surface area contributed by atoms with Gasteiger partial charge in [-0.2, -0.15) is 0 Å². The predicted octanol–water partition coefficient (Wildman–Crippen LogP) is 0.766. The number of hydrogen-bond acceptors (Lipinski definition) is 2. The van der Waals surface area contributed by atoms with Crippen LogP contribution in [-0.4, -0.2) is 37.3 Å². The molecule has 0 heterocycles. The van der Waals surface area contributed by atoms with Crippen LogP contribution in [0.4, 0.5) is 4.39 Å². The van der Waals surface area contributed by atoms with Gasteiger partial charge < -0.3 is 10.6 Å². The lowest BCUT2D eigenvalue weighted by atomic mass is 9.90. The van der Waals surface area contributed by atoms with E-state index in [1.54, 1.807) is 0 Å². The Balaban J connectivity index is 2.40. The monoisotopic (exact) mass is 160 g/mol. The summed E-state index contributed by atoms with van der Waals surface area (Å²) in [6.07, 6.45) is 1.67. The van der Waals surface area contributed by atoms with Crippen molar-refractivity contribution in [1.29, 1.82) is 0 Å². The summed E-state index contributed by atoms with van der Waals surface area (Å²) in [6, 6.07) is 0.177. The van der Waals surface area contributed by atoms with E-state index in [4.69, 9.17) is 5.73 Å². The maximum absolute atomic E-state index is 13.0. The second-order valence-electron chi connectivity index (χ2n) is 3.61. The third-order valence-electron chi connectivity index (χ3n) is 2.53. The standard InChI is InChI=1S/C8H17FN2/c1-11(2)6-3-4-8(10)7(9)5-6/h6-8H,3-5,10H2,1-2H3/t6?,7-,8+/m0/s1. The first-order chi connectivity index (χ1) is 5.11. The molecule has 1 rings (SSSR count). The zero-order chi connectivity index (χ0) is 8.43. The van der Waals surface area contributed by atoms with Crippen molar-refractivity contribution in [2.75, 3.05) is 14.1 Å². The quantitative estimate of drug-likeness (QED) is 0.614. The fourth-order valence-electron chi connectivity index (χ4n) is 1.59. The average molecular weight is 160 g/mol. The summed E-state index contributed by atoms with van der Waals surface area (Å²) in [5.74, 6) is 0. The Morgan fingerprint density at radius 3 is 2.45 bits per heavy atom. The average Bonchev–Trinajstić information content (AvgIpc) is 1.94. The summed E-state index contributed by atoms with van der Waals surface area (Å²) in [5.41, 5.74) is 5.55. The van der Waals surface area contributed by atoms with Crippen molar-refractivity contribution in [3.63, 3.8) is 0 Å². The fourth-order valence-corrected chi connectivity index (χ4v) is 1.59. The minimum Gasteiger partial charge on any atom is -0.325 e. The van der Waals surface area contributed by atoms with E-state index in [-0.39, 0.29) is 6.04 Å². The second kappa shape index (κ2) is 3.50. The van der Waals surface area contributed by atoms with Gasteiger partial charge >= 0.3 is 0 Å². The van der Waals surface area contributed by atoms with Gasteiger partial charge in [-0.3, -0.25) is 0 Å². The Kier molecular flexibility index (Phi) is 2.84. The van der Waals surface area contributed by atoms with E-state index in [1.807, 2.05) is 14.1 Å². The van der Waals surface area contributed by atoms with Crippen LogP contribution >= 0.6 is 0 Å². The zero-order valence-corrected chi connectivity index (χ0v) is 7.26. The number of hydrogen-bond donors (Lipinski definition) is 1. The molecule has 11 heavy (non-hydrogen) atoms. The van der Waals surface area contributed by atoms with E-state index in [2.05, 4.69) is 4.90 Å². The van der Waals surface area contributed by atoms with Gasteiger partial charge in [0.2, 0.25) is 0 Å². The first-order valence-electron chi connectivity index (χ1n) is 4.17. The third-order valence-corrected chi connectivity index (χ3v) is 2.53. The molecule has 1 aliphatic carbocycles. The van der Waals surface area contributed by atoms with Crippen molar-refractivity contribution < 1.29 is 4.39 Å². The number of nitrogens with two attached hydrogens (primary N) is 1. The van der Waals surface area contributed by atoms with Crippen LogP contribution in [0.5, 0.6) is 0 Å². The van der Waals surface area contributed by atoms with Gasteiger partial charge in [0.15, 0.2) is 0 Å². The van der Waals surface area contributed by atoms with Crippen molar-refractivity contribution >= 4 is 0 Å². The molecule has 0 aliphatic heterocycles. The molecule has 0 spiro atoms. The molecule has 0 aromatic rings. The van der Waals surface area contributed by atoms with Crippen LogP contribution in [-0.2, 0) is 0 Å². The van der Waals surface area contributed by atoms with Gasteiger partial charge in [0.1, 0.15) is 6.17 Å². The summed E-state index contributed by atoms with van der Waals surface area (Å²) in [4.78, 5) is 2.08. The highest BCUT2D eigenvalue weighted by atomic mass is 19.1. The van der Waals surface area contributed by atoms with Crippen molar-refractivity contribution in [3.05, 3.63) is 0 Å². The van der Waals surface area contributed by atoms with Gasteiger partial charge in [0.05, 0.1) is 0 Å². The van der Waals surface area contributed by atoms with Gasteiger partial charge in [0.25, 0.3) is 0 Å². The van der Waals surface area contributed by atoms with Crippen LogP contribution in [0.2, 0.25) is 0 Å². The summed E-state index contributed by atoms with van der Waals surface area (Å²) in [6.45, 7) is 0. The highest BCUT2D eigenvalue weighted by Gasteiger charge is 2.28. The topological polar surface area (TPSA) is 29.3 Å². The summed E-state index contributed by atoms with van der Waals surface area (Å²) in [5, 5.41) is 0. The van der Waals surface area contributed by atoms with Crippen LogP contribution in [0.25, 0.3) is 0 Å². The van der Waals surface area contributed by atoms with E-state index in [0.717, 1.165) is 12.8 Å². The molecule has 0 amide bonds. The van der Waals surface area contributed by atoms with E-state index in [1.165, 1.54) is 0 Å². The van der Waals surface area contributed by atoms with Crippen LogP contribution < -0.4 is 5.73 Å². The maximum Gasteiger partial charge on any atom is 0.117 e. The van der Waals surface area contributed by atoms with Crippen LogP contribution in [0.3, 0.4) is 0 Å². The van der Waals surface area contributed by atoms with Crippen molar-refractivity contribution in [2.24, 2.45) is 5.73 Å². The molecule has 0 radical (unpaired) electrons. The lowest BCUT2D eigenvalue weighted by Crippen LogP contribution is -2.44. The Hall–Kier alpha value is -0.150. The minimum atomic E-state index is -0.795. The van der Waals surface area contributed by atoms with E-state index in [0.29, 0.717) is 12.5 Å². The molecule has 2 N–H and O–H groups in total. The number of nitrogens with zero attached hydrogens (tertiary/aromatic N) is 1. The zero-order valence-electron chi connectivity index (χ0n) is 7.26. The molecular formula is C8H17FN2. The summed E-state index contributed by atoms with van der Waals surface area (Å²) in [7, 11) is 3.99. The van der Waals surface area contributed by atoms with E-state index >= 15 is 0 Å². The lowest BCUT2D eigenvalue weighted by Gasteiger charge is -2.33. The van der Waals surface area contributed by atoms with E-state index < -0.39 is 6.17 Å². The van der Waals surface area contributed by atoms with Gasteiger partial charge in [-0.05, 0) is 33.4 Å². The normalized spacial score (nSPS) is 39.5. The summed E-state index contributed by atoms with van der Waals surface area (Å²) >= 11 is 0. The molecule has 1 fully saturated rings. The van der Waals surface area contributed by atoms with Gasteiger partial charge in [0, 0.05) is 12.1 Å². The predicted molar refractivity (Wildman–Crippen MR) is 44.2 cm³/mol. The molecule has 3 heteroatoms. The molecule has 0 aromatic heterocycles. The Labute approximate surface area is 67.6 Å². The number of rotatable bonds is 1. The number of halogens is 1. The fraction of sp³-hybridized carbons (Fsp3) is 1.00. The maximum atomic E-state index is 13.0. The summed E-state index contributed by atoms with van der Waals surface area (Å²) < 4.78 is 13.0. The molecule has 66 valence electrons. The van der Waals surface area contributed by atoms with Crippen molar-refractivity contribution in [1.82, 2.24) is 4.90 Å². The molecule has 1 saturated carbocycles. The van der Waals surface area contributed by atoms with E-state index in [9.17, 15) is 4.39 Å². The van der Waals surface area contributed by atoms with Crippen molar-refractivity contribution in [3.8, 4) is 0 Å². The van der Waals surface area contributed by atoms with Crippen LogP contribution in [0.15, 0.2) is 0 Å². The van der Waals surface area contributed by atoms with Crippen LogP contribution in [0, 0.1) is 0 Å². The molecular weight excluding hydrogens is 143 g/mol. The van der Waals surface area contributed by atoms with Gasteiger partial charge in [-0.15, -0.1) is 0 Å². The second-order valence-corrected chi connectivity index (χ2v) is 3.61. The van der Waals surface area contributed by atoms with Gasteiger partial charge in [-0.25, -0.2) is 4.39 Å². The molecule has 3 atom stereocenters. The largest absolute Gasteiger partial charge is 0.325 e. The van der Waals surface area contributed by atoms with Crippen LogP contribution in [0.1, 0.15) is 19.3 Å². The third kappa shape index (κ3) is 2.14. The van der Waals surface area contributed by atoms with Gasteiger partial charge in [-0.1, -0.05) is 0 Å². The Bertz CT molecular complexity index is 127. The first-order valence-corrected chi connectivity index (χ1v) is 4.17. The molecule has 1 aliphatic rings. The SMILES string of the molecule is CN(C)C1CC[C@@H](N)[C@@H](F)C1. The minimum absolute atomic E-state index is 0.216. The Morgan fingerprint density at radius 2 is 2.00 bits per heavy atom.